The Hall–Kier alpha value is -1.68. The van der Waals surface area contributed by atoms with E-state index in [1.54, 1.807) is 13.0 Å². The summed E-state index contributed by atoms with van der Waals surface area (Å²) in [6.07, 6.45) is 0. The summed E-state index contributed by atoms with van der Waals surface area (Å²) in [5, 5.41) is 10.5. The fourth-order valence-electron chi connectivity index (χ4n) is 2.09. The van der Waals surface area contributed by atoms with E-state index < -0.39 is 0 Å². The zero-order valence-corrected chi connectivity index (χ0v) is 11.8. The summed E-state index contributed by atoms with van der Waals surface area (Å²) in [6, 6.07) is 5.48. The number of halogens is 1. The number of aryl methyl sites for hydroxylation is 3. The van der Waals surface area contributed by atoms with Gasteiger partial charge in [-0.3, -0.25) is 5.10 Å². The number of benzene rings is 1. The molecule has 1 heterocycles. The van der Waals surface area contributed by atoms with E-state index in [4.69, 9.17) is 0 Å². The highest BCUT2D eigenvalue weighted by Gasteiger charge is 2.10. The van der Waals surface area contributed by atoms with E-state index in [-0.39, 0.29) is 11.9 Å². The van der Waals surface area contributed by atoms with Crippen molar-refractivity contribution in [2.75, 3.05) is 0 Å². The highest BCUT2D eigenvalue weighted by atomic mass is 19.1. The number of nitrogens with one attached hydrogen (secondary N) is 2. The molecule has 1 unspecified atom stereocenters. The van der Waals surface area contributed by atoms with Gasteiger partial charge in [-0.2, -0.15) is 5.10 Å². The van der Waals surface area contributed by atoms with Gasteiger partial charge in [0.05, 0.1) is 5.69 Å². The van der Waals surface area contributed by atoms with Crippen LogP contribution in [0.4, 0.5) is 4.39 Å². The number of rotatable bonds is 4. The Balaban J connectivity index is 2.05. The first-order valence-electron chi connectivity index (χ1n) is 6.49. The molecule has 0 aliphatic carbocycles. The van der Waals surface area contributed by atoms with Crippen LogP contribution in [0.3, 0.4) is 0 Å². The van der Waals surface area contributed by atoms with Crippen LogP contribution >= 0.6 is 0 Å². The van der Waals surface area contributed by atoms with Crippen LogP contribution in [0.2, 0.25) is 0 Å². The Morgan fingerprint density at radius 1 is 1.32 bits per heavy atom. The molecule has 0 bridgehead atoms. The maximum Gasteiger partial charge on any atom is 0.126 e. The minimum Gasteiger partial charge on any atom is -0.306 e. The normalized spacial score (nSPS) is 12.7. The van der Waals surface area contributed by atoms with Crippen molar-refractivity contribution in [1.82, 2.24) is 15.5 Å². The average molecular weight is 261 g/mol. The zero-order chi connectivity index (χ0) is 14.0. The largest absolute Gasteiger partial charge is 0.306 e. The van der Waals surface area contributed by atoms with Gasteiger partial charge in [-0.05, 0) is 44.9 Å². The van der Waals surface area contributed by atoms with Crippen LogP contribution < -0.4 is 5.32 Å². The minimum absolute atomic E-state index is 0.101. The molecule has 3 nitrogen and oxygen atoms in total. The number of aromatic amines is 1. The molecule has 2 aromatic rings. The first kappa shape index (κ1) is 13.7. The number of hydrogen-bond donors (Lipinski definition) is 2. The molecule has 1 aromatic carbocycles. The predicted molar refractivity (Wildman–Crippen MR) is 74.5 cm³/mol. The Bertz CT molecular complexity index is 555. The molecule has 0 amide bonds. The van der Waals surface area contributed by atoms with E-state index in [1.165, 1.54) is 5.56 Å². The Morgan fingerprint density at radius 2 is 2.05 bits per heavy atom. The Kier molecular flexibility index (Phi) is 4.00. The molecule has 4 heteroatoms. The fourth-order valence-corrected chi connectivity index (χ4v) is 2.09. The second-order valence-corrected chi connectivity index (χ2v) is 5.02. The van der Waals surface area contributed by atoms with Crippen LogP contribution in [0, 0.1) is 26.6 Å². The molecular formula is C15H20FN3. The molecule has 1 atom stereocenters. The topological polar surface area (TPSA) is 40.7 Å². The van der Waals surface area contributed by atoms with E-state index in [1.807, 2.05) is 32.9 Å². The lowest BCUT2D eigenvalue weighted by Gasteiger charge is -2.15. The van der Waals surface area contributed by atoms with Crippen molar-refractivity contribution in [3.63, 3.8) is 0 Å². The van der Waals surface area contributed by atoms with Crippen LogP contribution in [0.15, 0.2) is 18.2 Å². The maximum absolute atomic E-state index is 13.5. The van der Waals surface area contributed by atoms with Crippen molar-refractivity contribution >= 4 is 0 Å². The summed E-state index contributed by atoms with van der Waals surface area (Å²) in [5.41, 5.74) is 4.90. The van der Waals surface area contributed by atoms with Crippen LogP contribution in [0.1, 0.15) is 41.0 Å². The van der Waals surface area contributed by atoms with Gasteiger partial charge in [-0.1, -0.05) is 12.1 Å². The van der Waals surface area contributed by atoms with Crippen molar-refractivity contribution in [1.29, 1.82) is 0 Å². The quantitative estimate of drug-likeness (QED) is 0.886. The number of H-pyrrole nitrogens is 1. The fraction of sp³-hybridized carbons (Fsp3) is 0.400. The summed E-state index contributed by atoms with van der Waals surface area (Å²) >= 11 is 0. The van der Waals surface area contributed by atoms with Gasteiger partial charge >= 0.3 is 0 Å². The SMILES string of the molecule is Cc1ccc(C(C)NCc2c(C)n[nH]c2C)cc1F. The number of aromatic nitrogens is 2. The molecule has 0 fully saturated rings. The molecule has 0 saturated heterocycles. The van der Waals surface area contributed by atoms with E-state index >= 15 is 0 Å². The molecule has 0 radical (unpaired) electrons. The molecule has 0 spiro atoms. The van der Waals surface area contributed by atoms with Gasteiger partial charge in [-0.15, -0.1) is 0 Å². The summed E-state index contributed by atoms with van der Waals surface area (Å²) in [7, 11) is 0. The zero-order valence-electron chi connectivity index (χ0n) is 11.8. The van der Waals surface area contributed by atoms with Crippen LogP contribution in [0.25, 0.3) is 0 Å². The third-order valence-electron chi connectivity index (χ3n) is 3.56. The third-order valence-corrected chi connectivity index (χ3v) is 3.56. The molecule has 0 saturated carbocycles. The first-order chi connectivity index (χ1) is 8.99. The summed E-state index contributed by atoms with van der Waals surface area (Å²) in [6.45, 7) is 8.53. The third kappa shape index (κ3) is 3.01. The molecule has 0 aliphatic heterocycles. The molecule has 2 rings (SSSR count). The standard InChI is InChI=1S/C15H20FN3/c1-9-5-6-13(7-15(9)16)10(2)17-8-14-11(3)18-19-12(14)4/h5-7,10,17H,8H2,1-4H3,(H,18,19). The smallest absolute Gasteiger partial charge is 0.126 e. The van der Waals surface area contributed by atoms with Gasteiger partial charge in [0.2, 0.25) is 0 Å². The minimum atomic E-state index is -0.151. The van der Waals surface area contributed by atoms with Gasteiger partial charge < -0.3 is 5.32 Å². The van der Waals surface area contributed by atoms with Crippen LogP contribution in [0.5, 0.6) is 0 Å². The van der Waals surface area contributed by atoms with Crippen LogP contribution in [-0.4, -0.2) is 10.2 Å². The lowest BCUT2D eigenvalue weighted by Crippen LogP contribution is -2.19. The molecule has 102 valence electrons. The molecule has 1 aromatic heterocycles. The molecular weight excluding hydrogens is 241 g/mol. The van der Waals surface area contributed by atoms with E-state index in [2.05, 4.69) is 15.5 Å². The highest BCUT2D eigenvalue weighted by molar-refractivity contribution is 5.26. The van der Waals surface area contributed by atoms with Crippen LogP contribution in [-0.2, 0) is 6.54 Å². The van der Waals surface area contributed by atoms with Gasteiger partial charge in [0, 0.05) is 23.8 Å². The summed E-state index contributed by atoms with van der Waals surface area (Å²) in [4.78, 5) is 0. The number of hydrogen-bond acceptors (Lipinski definition) is 2. The van der Waals surface area contributed by atoms with Gasteiger partial charge in [0.15, 0.2) is 0 Å². The predicted octanol–water partition coefficient (Wildman–Crippen LogP) is 3.32. The second-order valence-electron chi connectivity index (χ2n) is 5.02. The lowest BCUT2D eigenvalue weighted by molar-refractivity contribution is 0.561. The summed E-state index contributed by atoms with van der Waals surface area (Å²) in [5.74, 6) is -0.151. The lowest BCUT2D eigenvalue weighted by atomic mass is 10.1. The Labute approximate surface area is 113 Å². The van der Waals surface area contributed by atoms with Crippen molar-refractivity contribution in [3.8, 4) is 0 Å². The number of nitrogens with zero attached hydrogens (tertiary/aromatic N) is 1. The monoisotopic (exact) mass is 261 g/mol. The summed E-state index contributed by atoms with van der Waals surface area (Å²) < 4.78 is 13.5. The first-order valence-corrected chi connectivity index (χ1v) is 6.49. The van der Waals surface area contributed by atoms with Crippen molar-refractivity contribution in [2.24, 2.45) is 0 Å². The van der Waals surface area contributed by atoms with Gasteiger partial charge in [0.25, 0.3) is 0 Å². The Morgan fingerprint density at radius 3 is 2.63 bits per heavy atom. The van der Waals surface area contributed by atoms with E-state index in [0.29, 0.717) is 5.56 Å². The second kappa shape index (κ2) is 5.53. The van der Waals surface area contributed by atoms with Gasteiger partial charge in [0.1, 0.15) is 5.82 Å². The highest BCUT2D eigenvalue weighted by Crippen LogP contribution is 2.17. The molecule has 2 N–H and O–H groups in total. The average Bonchev–Trinajstić information content (AvgIpc) is 2.69. The van der Waals surface area contributed by atoms with E-state index in [0.717, 1.165) is 23.5 Å². The van der Waals surface area contributed by atoms with Gasteiger partial charge in [-0.25, -0.2) is 4.39 Å². The molecule has 19 heavy (non-hydrogen) atoms. The molecule has 0 aliphatic rings. The maximum atomic E-state index is 13.5. The van der Waals surface area contributed by atoms with Crippen molar-refractivity contribution in [3.05, 3.63) is 52.1 Å². The van der Waals surface area contributed by atoms with E-state index in [9.17, 15) is 4.39 Å². The van der Waals surface area contributed by atoms with Crippen molar-refractivity contribution in [2.45, 2.75) is 40.3 Å². The van der Waals surface area contributed by atoms with Crippen molar-refractivity contribution < 1.29 is 4.39 Å².